The van der Waals surface area contributed by atoms with Crippen LogP contribution in [0.15, 0.2) is 0 Å². The van der Waals surface area contributed by atoms with Gasteiger partial charge in [-0.15, -0.1) is 11.8 Å². The molecule has 2 aliphatic heterocycles. The monoisotopic (exact) mass is 476 g/mol. The lowest BCUT2D eigenvalue weighted by molar-refractivity contribution is -0.208. The van der Waals surface area contributed by atoms with E-state index in [1.165, 1.54) is 18.2 Å². The Kier molecular flexibility index (Phi) is 11.2. The molecule has 2 saturated heterocycles. The Labute approximate surface area is 197 Å². The normalized spacial score (nSPS) is 35.8. The summed E-state index contributed by atoms with van der Waals surface area (Å²) < 4.78 is 5.93. The van der Waals surface area contributed by atoms with E-state index in [1.807, 2.05) is 13.8 Å². The number of amides is 1. The zero-order valence-corrected chi connectivity index (χ0v) is 21.0. The van der Waals surface area contributed by atoms with Gasteiger partial charge in [0.1, 0.15) is 29.9 Å². The largest absolute Gasteiger partial charge is 0.392 e. The molecule has 0 aliphatic carbocycles. The Morgan fingerprint density at radius 3 is 2.41 bits per heavy atom. The van der Waals surface area contributed by atoms with Gasteiger partial charge in [0, 0.05) is 13.1 Å². The summed E-state index contributed by atoms with van der Waals surface area (Å²) in [6.45, 7) is 9.01. The standard InChI is InChI=1S/C23H44N2O6S/c1-6-7-8-9-15-10-16(25(12-15)11-14(4)26)22(30)24-17(13(2)3)21-19(28)18(27)20(29)23(31-21)32-5/h13-21,23,26-29H,6-12H2,1-5H3,(H,24,30)/t14-,15?,16?,17?,18+,19-,20-,21-,23-/m0/s1. The van der Waals surface area contributed by atoms with Gasteiger partial charge < -0.3 is 30.5 Å². The number of carbonyl (C=O) groups is 1. The lowest BCUT2D eigenvalue weighted by Crippen LogP contribution is -2.64. The fraction of sp³-hybridized carbons (Fsp3) is 0.957. The highest BCUT2D eigenvalue weighted by Gasteiger charge is 2.48. The van der Waals surface area contributed by atoms with Crippen molar-refractivity contribution >= 4 is 17.7 Å². The number of likely N-dealkylation sites (tertiary alicyclic amines) is 1. The summed E-state index contributed by atoms with van der Waals surface area (Å²) in [5, 5.41) is 44.1. The molecule has 0 aromatic heterocycles. The summed E-state index contributed by atoms with van der Waals surface area (Å²) in [4.78, 5) is 15.5. The molecule has 0 aromatic rings. The van der Waals surface area contributed by atoms with Gasteiger partial charge in [0.2, 0.25) is 5.91 Å². The van der Waals surface area contributed by atoms with Crippen molar-refractivity contribution in [2.24, 2.45) is 11.8 Å². The second-order valence-electron chi connectivity index (χ2n) is 9.87. The molecule has 0 aromatic carbocycles. The Balaban J connectivity index is 2.12. The molecule has 3 unspecified atom stereocenters. The number of hydrogen-bond acceptors (Lipinski definition) is 8. The Morgan fingerprint density at radius 2 is 1.84 bits per heavy atom. The van der Waals surface area contributed by atoms with Gasteiger partial charge in [0.05, 0.1) is 18.2 Å². The van der Waals surface area contributed by atoms with Gasteiger partial charge >= 0.3 is 0 Å². The molecule has 0 bridgehead atoms. The number of ether oxygens (including phenoxy) is 1. The number of aliphatic hydroxyl groups excluding tert-OH is 4. The van der Waals surface area contributed by atoms with Crippen molar-refractivity contribution in [3.8, 4) is 0 Å². The van der Waals surface area contributed by atoms with Crippen molar-refractivity contribution in [2.45, 2.75) is 108 Å². The molecule has 0 radical (unpaired) electrons. The molecule has 0 saturated carbocycles. The number of unbranched alkanes of at least 4 members (excludes halogenated alkanes) is 2. The highest BCUT2D eigenvalue weighted by molar-refractivity contribution is 7.99. The molecule has 2 heterocycles. The number of aliphatic hydroxyl groups is 4. The number of β-amino-alcohol motifs (C(OH)–C–C–N with tert-alkyl or cyclic N) is 1. The van der Waals surface area contributed by atoms with Crippen molar-refractivity contribution < 1.29 is 30.0 Å². The van der Waals surface area contributed by atoms with Crippen LogP contribution in [0.5, 0.6) is 0 Å². The van der Waals surface area contributed by atoms with E-state index in [0.29, 0.717) is 12.5 Å². The average molecular weight is 477 g/mol. The number of thioether (sulfide) groups is 1. The van der Waals surface area contributed by atoms with Crippen molar-refractivity contribution in [1.29, 1.82) is 0 Å². The van der Waals surface area contributed by atoms with Gasteiger partial charge in [0.25, 0.3) is 0 Å². The summed E-state index contributed by atoms with van der Waals surface area (Å²) in [6, 6.07) is -0.869. The Bertz CT molecular complexity index is 579. The van der Waals surface area contributed by atoms with E-state index < -0.39 is 42.0 Å². The number of carbonyl (C=O) groups excluding carboxylic acids is 1. The fourth-order valence-corrected chi connectivity index (χ4v) is 5.64. The first-order valence-corrected chi connectivity index (χ1v) is 13.3. The van der Waals surface area contributed by atoms with E-state index in [4.69, 9.17) is 4.74 Å². The molecule has 8 nitrogen and oxygen atoms in total. The van der Waals surface area contributed by atoms with Crippen molar-refractivity contribution in [3.63, 3.8) is 0 Å². The molecule has 2 fully saturated rings. The molecule has 9 heteroatoms. The van der Waals surface area contributed by atoms with E-state index in [2.05, 4.69) is 17.1 Å². The second-order valence-corrected chi connectivity index (χ2v) is 10.8. The van der Waals surface area contributed by atoms with Crippen LogP contribution >= 0.6 is 11.8 Å². The first kappa shape index (κ1) is 27.8. The SMILES string of the molecule is CCCCCC1CC(C(=O)NC(C(C)C)[C@@H]2O[C@@H](SC)[C@@H](O)[C@H](O)[C@@H]2O)N(C[C@H](C)O)C1. The van der Waals surface area contributed by atoms with Gasteiger partial charge in [-0.05, 0) is 37.9 Å². The maximum atomic E-state index is 13.4. The molecule has 0 spiro atoms. The predicted molar refractivity (Wildman–Crippen MR) is 126 cm³/mol. The smallest absolute Gasteiger partial charge is 0.237 e. The minimum atomic E-state index is -1.34. The third-order valence-corrected chi connectivity index (χ3v) is 7.58. The molecule has 1 amide bonds. The fourth-order valence-electron chi connectivity index (χ4n) is 4.96. The minimum Gasteiger partial charge on any atom is -0.392 e. The van der Waals surface area contributed by atoms with Gasteiger partial charge in [-0.25, -0.2) is 0 Å². The molecule has 2 aliphatic rings. The van der Waals surface area contributed by atoms with Crippen molar-refractivity contribution in [1.82, 2.24) is 10.2 Å². The van der Waals surface area contributed by atoms with Crippen LogP contribution in [0.2, 0.25) is 0 Å². The van der Waals surface area contributed by atoms with Crippen molar-refractivity contribution in [2.75, 3.05) is 19.3 Å². The van der Waals surface area contributed by atoms with Crippen LogP contribution in [0, 0.1) is 11.8 Å². The van der Waals surface area contributed by atoms with E-state index in [9.17, 15) is 25.2 Å². The summed E-state index contributed by atoms with van der Waals surface area (Å²) in [6.07, 6.45) is 1.87. The summed E-state index contributed by atoms with van der Waals surface area (Å²) >= 11 is 1.26. The second kappa shape index (κ2) is 12.9. The Hall–Kier alpha value is -0.420. The molecule has 5 N–H and O–H groups in total. The topological polar surface area (TPSA) is 122 Å². The molecule has 188 valence electrons. The third kappa shape index (κ3) is 7.04. The first-order valence-electron chi connectivity index (χ1n) is 12.1. The van der Waals surface area contributed by atoms with Crippen molar-refractivity contribution in [3.05, 3.63) is 0 Å². The summed E-state index contributed by atoms with van der Waals surface area (Å²) in [5.74, 6) is 0.220. The molecule has 32 heavy (non-hydrogen) atoms. The zero-order chi connectivity index (χ0) is 24.0. The number of rotatable bonds is 11. The first-order chi connectivity index (χ1) is 15.1. The Morgan fingerprint density at radius 1 is 1.16 bits per heavy atom. The van der Waals surface area contributed by atoms with Crippen LogP contribution < -0.4 is 5.32 Å². The van der Waals surface area contributed by atoms with E-state index >= 15 is 0 Å². The number of hydrogen-bond donors (Lipinski definition) is 5. The van der Waals surface area contributed by atoms with Gasteiger partial charge in [0.15, 0.2) is 0 Å². The zero-order valence-electron chi connectivity index (χ0n) is 20.2. The van der Waals surface area contributed by atoms with Gasteiger partial charge in [-0.1, -0.05) is 40.0 Å². The molecule has 9 atom stereocenters. The third-order valence-electron chi connectivity index (χ3n) is 6.73. The maximum absolute atomic E-state index is 13.4. The summed E-state index contributed by atoms with van der Waals surface area (Å²) in [5.41, 5.74) is -0.683. The molecular weight excluding hydrogens is 432 g/mol. The highest BCUT2D eigenvalue weighted by atomic mass is 32.2. The summed E-state index contributed by atoms with van der Waals surface area (Å²) in [7, 11) is 0. The van der Waals surface area contributed by atoms with Crippen LogP contribution in [0.1, 0.15) is 59.8 Å². The van der Waals surface area contributed by atoms with Crippen LogP contribution in [0.3, 0.4) is 0 Å². The van der Waals surface area contributed by atoms with Gasteiger partial charge in [-0.3, -0.25) is 9.69 Å². The predicted octanol–water partition coefficient (Wildman–Crippen LogP) is 0.949. The van der Waals surface area contributed by atoms with E-state index in [1.54, 1.807) is 13.2 Å². The quantitative estimate of drug-likeness (QED) is 0.279. The molecular formula is C23H44N2O6S. The maximum Gasteiger partial charge on any atom is 0.237 e. The number of nitrogens with zero attached hydrogens (tertiary/aromatic N) is 1. The molecule has 2 rings (SSSR count). The lowest BCUT2D eigenvalue weighted by atomic mass is 9.88. The van der Waals surface area contributed by atoms with E-state index in [-0.39, 0.29) is 17.9 Å². The van der Waals surface area contributed by atoms with Gasteiger partial charge in [-0.2, -0.15) is 0 Å². The van der Waals surface area contributed by atoms with Crippen LogP contribution in [-0.2, 0) is 9.53 Å². The minimum absolute atomic E-state index is 0.0597. The van der Waals surface area contributed by atoms with Crippen LogP contribution in [0.4, 0.5) is 0 Å². The van der Waals surface area contributed by atoms with Crippen LogP contribution in [0.25, 0.3) is 0 Å². The van der Waals surface area contributed by atoms with Crippen LogP contribution in [-0.4, -0.2) is 98.6 Å². The lowest BCUT2D eigenvalue weighted by Gasteiger charge is -2.44. The average Bonchev–Trinajstić information content (AvgIpc) is 3.12. The number of nitrogens with one attached hydrogen (secondary N) is 1. The van der Waals surface area contributed by atoms with E-state index in [0.717, 1.165) is 32.2 Å². The highest BCUT2D eigenvalue weighted by Crippen LogP contribution is 2.32.